The SMILES string of the molecule is CN(C)C(=O)c1ccc(NS(=O)(=O)/C=C/c2ccc(Cl)cc2)cc1. The highest BCUT2D eigenvalue weighted by Gasteiger charge is 2.09. The summed E-state index contributed by atoms with van der Waals surface area (Å²) in [5.41, 5.74) is 1.59. The van der Waals surface area contributed by atoms with Crippen molar-refractivity contribution in [3.05, 3.63) is 70.1 Å². The number of rotatable bonds is 5. The number of nitrogens with one attached hydrogen (secondary N) is 1. The number of carbonyl (C=O) groups is 1. The molecule has 0 fully saturated rings. The molecule has 7 heteroatoms. The molecule has 0 saturated carbocycles. The highest BCUT2D eigenvalue weighted by Crippen LogP contribution is 2.15. The van der Waals surface area contributed by atoms with Gasteiger partial charge in [0.2, 0.25) is 0 Å². The molecular formula is C17H17ClN2O3S. The van der Waals surface area contributed by atoms with E-state index in [-0.39, 0.29) is 5.91 Å². The summed E-state index contributed by atoms with van der Waals surface area (Å²) < 4.78 is 26.6. The number of anilines is 1. The van der Waals surface area contributed by atoms with Crippen molar-refractivity contribution in [2.24, 2.45) is 0 Å². The third-order valence-electron chi connectivity index (χ3n) is 3.11. The molecule has 0 saturated heterocycles. The molecule has 1 N–H and O–H groups in total. The Hall–Kier alpha value is -2.31. The summed E-state index contributed by atoms with van der Waals surface area (Å²) >= 11 is 5.78. The van der Waals surface area contributed by atoms with Crippen molar-refractivity contribution in [3.63, 3.8) is 0 Å². The van der Waals surface area contributed by atoms with E-state index in [4.69, 9.17) is 11.6 Å². The van der Waals surface area contributed by atoms with Gasteiger partial charge in [-0.15, -0.1) is 0 Å². The van der Waals surface area contributed by atoms with Gasteiger partial charge in [0.25, 0.3) is 15.9 Å². The van der Waals surface area contributed by atoms with Gasteiger partial charge in [0, 0.05) is 30.4 Å². The zero-order valence-electron chi connectivity index (χ0n) is 13.2. The second kappa shape index (κ2) is 7.51. The number of halogens is 1. The van der Waals surface area contributed by atoms with Gasteiger partial charge in [0.15, 0.2) is 0 Å². The first-order valence-electron chi connectivity index (χ1n) is 7.05. The maximum Gasteiger partial charge on any atom is 0.255 e. The molecule has 0 unspecified atom stereocenters. The first-order chi connectivity index (χ1) is 11.3. The first-order valence-corrected chi connectivity index (χ1v) is 8.97. The normalized spacial score (nSPS) is 11.5. The molecule has 0 atom stereocenters. The van der Waals surface area contributed by atoms with Crippen LogP contribution >= 0.6 is 11.6 Å². The van der Waals surface area contributed by atoms with Crippen LogP contribution in [0.3, 0.4) is 0 Å². The predicted molar refractivity (Wildman–Crippen MR) is 97.5 cm³/mol. The van der Waals surface area contributed by atoms with Crippen LogP contribution in [0.2, 0.25) is 5.02 Å². The Morgan fingerprint density at radius 2 is 1.62 bits per heavy atom. The summed E-state index contributed by atoms with van der Waals surface area (Å²) in [6.07, 6.45) is 1.47. The van der Waals surface area contributed by atoms with E-state index in [1.807, 2.05) is 0 Å². The van der Waals surface area contributed by atoms with E-state index >= 15 is 0 Å². The van der Waals surface area contributed by atoms with E-state index in [0.29, 0.717) is 16.3 Å². The van der Waals surface area contributed by atoms with Gasteiger partial charge < -0.3 is 4.90 Å². The van der Waals surface area contributed by atoms with Crippen molar-refractivity contribution in [2.45, 2.75) is 0 Å². The van der Waals surface area contributed by atoms with Crippen LogP contribution in [0, 0.1) is 0 Å². The Morgan fingerprint density at radius 1 is 1.04 bits per heavy atom. The minimum atomic E-state index is -3.65. The molecule has 126 valence electrons. The van der Waals surface area contributed by atoms with Gasteiger partial charge in [-0.1, -0.05) is 23.7 Å². The second-order valence-electron chi connectivity index (χ2n) is 5.28. The smallest absolute Gasteiger partial charge is 0.255 e. The van der Waals surface area contributed by atoms with Crippen molar-refractivity contribution in [3.8, 4) is 0 Å². The molecule has 0 spiro atoms. The maximum absolute atomic E-state index is 12.1. The quantitative estimate of drug-likeness (QED) is 0.883. The van der Waals surface area contributed by atoms with Gasteiger partial charge in [-0.25, -0.2) is 8.42 Å². The second-order valence-corrected chi connectivity index (χ2v) is 7.28. The number of hydrogen-bond acceptors (Lipinski definition) is 3. The van der Waals surface area contributed by atoms with Crippen LogP contribution in [0.1, 0.15) is 15.9 Å². The van der Waals surface area contributed by atoms with Gasteiger partial charge in [-0.3, -0.25) is 9.52 Å². The third kappa shape index (κ3) is 5.11. The topological polar surface area (TPSA) is 66.5 Å². The summed E-state index contributed by atoms with van der Waals surface area (Å²) in [4.78, 5) is 13.2. The Labute approximate surface area is 146 Å². The van der Waals surface area contributed by atoms with Gasteiger partial charge in [0.05, 0.1) is 5.41 Å². The van der Waals surface area contributed by atoms with Crippen LogP contribution in [-0.4, -0.2) is 33.3 Å². The molecule has 5 nitrogen and oxygen atoms in total. The average molecular weight is 365 g/mol. The van der Waals surface area contributed by atoms with E-state index in [1.165, 1.54) is 11.0 Å². The van der Waals surface area contributed by atoms with Crippen molar-refractivity contribution in [1.29, 1.82) is 0 Å². The lowest BCUT2D eigenvalue weighted by Gasteiger charge is -2.10. The minimum Gasteiger partial charge on any atom is -0.345 e. The molecule has 0 aliphatic carbocycles. The van der Waals surface area contributed by atoms with Crippen LogP contribution in [0.15, 0.2) is 53.9 Å². The molecule has 0 aliphatic heterocycles. The monoisotopic (exact) mass is 364 g/mol. The molecular weight excluding hydrogens is 348 g/mol. The van der Waals surface area contributed by atoms with Crippen molar-refractivity contribution >= 4 is 39.3 Å². The number of carbonyl (C=O) groups excluding carboxylic acids is 1. The Kier molecular flexibility index (Phi) is 5.64. The van der Waals surface area contributed by atoms with E-state index in [1.54, 1.807) is 62.6 Å². The number of hydrogen-bond donors (Lipinski definition) is 1. The molecule has 0 aliphatic rings. The van der Waals surface area contributed by atoms with Gasteiger partial charge in [0.1, 0.15) is 0 Å². The highest BCUT2D eigenvalue weighted by atomic mass is 35.5. The van der Waals surface area contributed by atoms with Crippen molar-refractivity contribution in [1.82, 2.24) is 4.90 Å². The van der Waals surface area contributed by atoms with Gasteiger partial charge >= 0.3 is 0 Å². The minimum absolute atomic E-state index is 0.146. The van der Waals surface area contributed by atoms with E-state index in [2.05, 4.69) is 4.72 Å². The fourth-order valence-corrected chi connectivity index (χ4v) is 2.87. The summed E-state index contributed by atoms with van der Waals surface area (Å²) in [5, 5.41) is 1.66. The zero-order chi connectivity index (χ0) is 17.7. The van der Waals surface area contributed by atoms with E-state index in [0.717, 1.165) is 11.0 Å². The molecule has 2 aromatic rings. The van der Waals surface area contributed by atoms with Crippen LogP contribution in [0.25, 0.3) is 6.08 Å². The predicted octanol–water partition coefficient (Wildman–Crippen LogP) is 3.45. The fourth-order valence-electron chi connectivity index (χ4n) is 1.88. The summed E-state index contributed by atoms with van der Waals surface area (Å²) in [7, 11) is -0.345. The number of benzene rings is 2. The van der Waals surface area contributed by atoms with Crippen molar-refractivity contribution < 1.29 is 13.2 Å². The van der Waals surface area contributed by atoms with E-state index in [9.17, 15) is 13.2 Å². The summed E-state index contributed by atoms with van der Waals surface area (Å²) in [6, 6.07) is 13.0. The first kappa shape index (κ1) is 18.0. The number of sulfonamides is 1. The Balaban J connectivity index is 2.08. The molecule has 0 bridgehead atoms. The van der Waals surface area contributed by atoms with Crippen LogP contribution in [0.5, 0.6) is 0 Å². The van der Waals surface area contributed by atoms with Crippen LogP contribution in [-0.2, 0) is 10.0 Å². The van der Waals surface area contributed by atoms with Crippen molar-refractivity contribution in [2.75, 3.05) is 18.8 Å². The summed E-state index contributed by atoms with van der Waals surface area (Å²) in [6.45, 7) is 0. The molecule has 0 aromatic heterocycles. The number of nitrogens with zero attached hydrogens (tertiary/aromatic N) is 1. The van der Waals surface area contributed by atoms with Crippen LogP contribution in [0.4, 0.5) is 5.69 Å². The Morgan fingerprint density at radius 3 is 2.17 bits per heavy atom. The lowest BCUT2D eigenvalue weighted by Crippen LogP contribution is -2.21. The highest BCUT2D eigenvalue weighted by molar-refractivity contribution is 7.95. The molecule has 2 aromatic carbocycles. The summed E-state index contributed by atoms with van der Waals surface area (Å²) in [5.74, 6) is -0.146. The molecule has 1 amide bonds. The van der Waals surface area contributed by atoms with Crippen LogP contribution < -0.4 is 4.72 Å². The standard InChI is InChI=1S/C17H17ClN2O3S/c1-20(2)17(21)14-5-9-16(10-6-14)19-24(22,23)12-11-13-3-7-15(18)8-4-13/h3-12,19H,1-2H3/b12-11+. The third-order valence-corrected chi connectivity index (χ3v) is 4.37. The lowest BCUT2D eigenvalue weighted by atomic mass is 10.2. The molecule has 24 heavy (non-hydrogen) atoms. The van der Waals surface area contributed by atoms with Gasteiger partial charge in [-0.05, 0) is 48.0 Å². The fraction of sp³-hybridized carbons (Fsp3) is 0.118. The lowest BCUT2D eigenvalue weighted by molar-refractivity contribution is 0.0827. The average Bonchev–Trinajstić information content (AvgIpc) is 2.54. The molecule has 2 rings (SSSR count). The van der Waals surface area contributed by atoms with Gasteiger partial charge in [-0.2, -0.15) is 0 Å². The zero-order valence-corrected chi connectivity index (χ0v) is 14.8. The molecule has 0 heterocycles. The van der Waals surface area contributed by atoms with E-state index < -0.39 is 10.0 Å². The maximum atomic E-state index is 12.1. The largest absolute Gasteiger partial charge is 0.345 e. The molecule has 0 radical (unpaired) electrons. The number of amides is 1. The Bertz CT molecular complexity index is 842.